The lowest BCUT2D eigenvalue weighted by molar-refractivity contribution is -0.121. The van der Waals surface area contributed by atoms with Gasteiger partial charge in [0.05, 0.1) is 6.04 Å². The molecule has 1 aliphatic heterocycles. The molecule has 0 N–H and O–H groups in total. The zero-order chi connectivity index (χ0) is 14.8. The van der Waals surface area contributed by atoms with Crippen LogP contribution in [0.5, 0.6) is 0 Å². The summed E-state index contributed by atoms with van der Waals surface area (Å²) in [7, 11) is 0. The molecule has 4 heteroatoms. The summed E-state index contributed by atoms with van der Waals surface area (Å²) in [5, 5.41) is 0. The van der Waals surface area contributed by atoms with Crippen molar-refractivity contribution in [2.45, 2.75) is 39.2 Å². The van der Waals surface area contributed by atoms with Gasteiger partial charge in [-0.25, -0.2) is 4.98 Å². The summed E-state index contributed by atoms with van der Waals surface area (Å²) < 4.78 is 2.14. The Hall–Kier alpha value is -2.10. The Morgan fingerprint density at radius 3 is 2.52 bits per heavy atom. The van der Waals surface area contributed by atoms with Crippen LogP contribution in [0.4, 0.5) is 0 Å². The Labute approximate surface area is 125 Å². The third-order valence-electron chi connectivity index (χ3n) is 4.34. The normalized spacial score (nSPS) is 18.8. The number of carbonyl (C=O) groups excluding carboxylic acids is 1. The fraction of sp³-hybridized carbons (Fsp3) is 0.412. The summed E-state index contributed by atoms with van der Waals surface area (Å²) in [6.45, 7) is 5.02. The van der Waals surface area contributed by atoms with Crippen molar-refractivity contribution >= 4 is 6.41 Å². The van der Waals surface area contributed by atoms with E-state index in [0.717, 1.165) is 37.2 Å². The smallest absolute Gasteiger partial charge is 0.210 e. The molecule has 0 saturated carbocycles. The number of hydrogen-bond acceptors (Lipinski definition) is 2. The van der Waals surface area contributed by atoms with Crippen LogP contribution in [-0.2, 0) is 4.79 Å². The predicted molar refractivity (Wildman–Crippen MR) is 82.4 cm³/mol. The molecule has 0 unspecified atom stereocenters. The molecular formula is C17H21N3O. The van der Waals surface area contributed by atoms with E-state index in [0.29, 0.717) is 0 Å². The first-order valence-corrected chi connectivity index (χ1v) is 7.53. The second-order valence-corrected chi connectivity index (χ2v) is 5.76. The van der Waals surface area contributed by atoms with Crippen molar-refractivity contribution in [1.82, 2.24) is 14.5 Å². The van der Waals surface area contributed by atoms with Crippen molar-refractivity contribution < 1.29 is 4.79 Å². The first kappa shape index (κ1) is 13.9. The highest BCUT2D eigenvalue weighted by Gasteiger charge is 2.22. The van der Waals surface area contributed by atoms with Gasteiger partial charge in [-0.05, 0) is 56.9 Å². The Bertz CT molecular complexity index is 610. The fourth-order valence-corrected chi connectivity index (χ4v) is 3.19. The number of pyridine rings is 1. The summed E-state index contributed by atoms with van der Waals surface area (Å²) in [5.74, 6) is 0.937. The van der Waals surface area contributed by atoms with E-state index < -0.39 is 0 Å². The number of hydrogen-bond donors (Lipinski definition) is 0. The largest absolute Gasteiger partial charge is 0.338 e. The quantitative estimate of drug-likeness (QED) is 0.811. The fourth-order valence-electron chi connectivity index (χ4n) is 3.19. The molecule has 21 heavy (non-hydrogen) atoms. The van der Waals surface area contributed by atoms with Gasteiger partial charge in [-0.15, -0.1) is 0 Å². The molecule has 3 rings (SSSR count). The third-order valence-corrected chi connectivity index (χ3v) is 4.34. The van der Waals surface area contributed by atoms with Gasteiger partial charge in [-0.2, -0.15) is 0 Å². The van der Waals surface area contributed by atoms with Crippen molar-refractivity contribution in [3.8, 4) is 5.82 Å². The Balaban J connectivity index is 1.89. The van der Waals surface area contributed by atoms with Crippen LogP contribution >= 0.6 is 0 Å². The van der Waals surface area contributed by atoms with Crippen LogP contribution in [0.25, 0.3) is 5.82 Å². The van der Waals surface area contributed by atoms with Crippen LogP contribution in [0.15, 0.2) is 30.5 Å². The van der Waals surface area contributed by atoms with Crippen molar-refractivity contribution in [1.29, 1.82) is 0 Å². The van der Waals surface area contributed by atoms with Gasteiger partial charge in [0.1, 0.15) is 5.82 Å². The number of aryl methyl sites for hydroxylation is 2. The lowest BCUT2D eigenvalue weighted by Gasteiger charge is -2.32. The minimum Gasteiger partial charge on any atom is -0.338 e. The maximum atomic E-state index is 11.2. The molecule has 0 aromatic carbocycles. The molecule has 110 valence electrons. The average molecular weight is 283 g/mol. The SMILES string of the molecule is Cc1ccc(C)n1-c1ccc([C@@H]2CCCCN2C=O)cn1. The lowest BCUT2D eigenvalue weighted by atomic mass is 9.97. The molecule has 0 spiro atoms. The summed E-state index contributed by atoms with van der Waals surface area (Å²) in [6, 6.07) is 8.53. The summed E-state index contributed by atoms with van der Waals surface area (Å²) >= 11 is 0. The van der Waals surface area contributed by atoms with E-state index in [-0.39, 0.29) is 6.04 Å². The van der Waals surface area contributed by atoms with Crippen molar-refractivity contribution in [3.05, 3.63) is 47.4 Å². The molecule has 0 bridgehead atoms. The Kier molecular flexibility index (Phi) is 3.78. The summed E-state index contributed by atoms with van der Waals surface area (Å²) in [6.07, 6.45) is 6.19. The van der Waals surface area contributed by atoms with Crippen LogP contribution in [0, 0.1) is 13.8 Å². The van der Waals surface area contributed by atoms with Gasteiger partial charge in [0, 0.05) is 24.1 Å². The molecule has 0 aliphatic carbocycles. The highest BCUT2D eigenvalue weighted by atomic mass is 16.1. The number of piperidine rings is 1. The van der Waals surface area contributed by atoms with Gasteiger partial charge >= 0.3 is 0 Å². The summed E-state index contributed by atoms with van der Waals surface area (Å²) in [5.41, 5.74) is 3.49. The van der Waals surface area contributed by atoms with Crippen LogP contribution in [0.3, 0.4) is 0 Å². The van der Waals surface area contributed by atoms with Gasteiger partial charge in [0.25, 0.3) is 0 Å². The van der Waals surface area contributed by atoms with E-state index >= 15 is 0 Å². The van der Waals surface area contributed by atoms with E-state index in [1.807, 2.05) is 17.2 Å². The molecular weight excluding hydrogens is 262 g/mol. The molecule has 1 saturated heterocycles. The lowest BCUT2D eigenvalue weighted by Crippen LogP contribution is -2.32. The minimum atomic E-state index is 0.185. The standard InChI is InChI=1S/C17H21N3O/c1-13-6-7-14(2)20(13)17-9-8-15(11-18-17)16-5-3-4-10-19(16)12-21/h6-9,11-12,16H,3-5,10H2,1-2H3/t16-/m0/s1. The zero-order valence-electron chi connectivity index (χ0n) is 12.6. The third kappa shape index (κ3) is 2.58. The number of aromatic nitrogens is 2. The molecule has 2 aromatic heterocycles. The molecule has 1 atom stereocenters. The van der Waals surface area contributed by atoms with Gasteiger partial charge in [0.2, 0.25) is 6.41 Å². The van der Waals surface area contributed by atoms with Crippen LogP contribution in [-0.4, -0.2) is 27.4 Å². The van der Waals surface area contributed by atoms with E-state index in [2.05, 4.69) is 41.6 Å². The Morgan fingerprint density at radius 1 is 1.14 bits per heavy atom. The molecule has 2 aromatic rings. The topological polar surface area (TPSA) is 38.1 Å². The van der Waals surface area contributed by atoms with Crippen molar-refractivity contribution in [3.63, 3.8) is 0 Å². The first-order chi connectivity index (χ1) is 10.2. The molecule has 3 heterocycles. The maximum Gasteiger partial charge on any atom is 0.210 e. The van der Waals surface area contributed by atoms with Gasteiger partial charge in [0.15, 0.2) is 0 Å². The summed E-state index contributed by atoms with van der Waals surface area (Å²) in [4.78, 5) is 17.7. The minimum absolute atomic E-state index is 0.185. The number of likely N-dealkylation sites (tertiary alicyclic amines) is 1. The molecule has 1 amide bonds. The van der Waals surface area contributed by atoms with Crippen LogP contribution < -0.4 is 0 Å². The van der Waals surface area contributed by atoms with E-state index in [9.17, 15) is 4.79 Å². The highest BCUT2D eigenvalue weighted by Crippen LogP contribution is 2.29. The van der Waals surface area contributed by atoms with Crippen LogP contribution in [0.1, 0.15) is 42.3 Å². The van der Waals surface area contributed by atoms with E-state index in [1.165, 1.54) is 17.8 Å². The highest BCUT2D eigenvalue weighted by molar-refractivity contribution is 5.49. The number of nitrogens with zero attached hydrogens (tertiary/aromatic N) is 3. The number of amides is 1. The van der Waals surface area contributed by atoms with Crippen LogP contribution in [0.2, 0.25) is 0 Å². The van der Waals surface area contributed by atoms with E-state index in [4.69, 9.17) is 0 Å². The van der Waals surface area contributed by atoms with Gasteiger partial charge in [-0.3, -0.25) is 4.79 Å². The molecule has 0 radical (unpaired) electrons. The number of carbonyl (C=O) groups is 1. The van der Waals surface area contributed by atoms with E-state index in [1.54, 1.807) is 0 Å². The van der Waals surface area contributed by atoms with Gasteiger partial charge in [-0.1, -0.05) is 6.07 Å². The van der Waals surface area contributed by atoms with Crippen molar-refractivity contribution in [2.75, 3.05) is 6.54 Å². The second kappa shape index (κ2) is 5.72. The van der Waals surface area contributed by atoms with Gasteiger partial charge < -0.3 is 9.47 Å². The predicted octanol–water partition coefficient (Wildman–Crippen LogP) is 3.17. The molecule has 1 aliphatic rings. The average Bonchev–Trinajstić information content (AvgIpc) is 2.86. The molecule has 4 nitrogen and oxygen atoms in total. The zero-order valence-corrected chi connectivity index (χ0v) is 12.6. The maximum absolute atomic E-state index is 11.2. The first-order valence-electron chi connectivity index (χ1n) is 7.53. The second-order valence-electron chi connectivity index (χ2n) is 5.76. The Morgan fingerprint density at radius 2 is 1.90 bits per heavy atom. The van der Waals surface area contributed by atoms with Crippen molar-refractivity contribution in [2.24, 2.45) is 0 Å². The monoisotopic (exact) mass is 283 g/mol. The molecule has 1 fully saturated rings. The number of rotatable bonds is 3.